The molecule has 1 rings (SSSR count). The molecule has 0 atom stereocenters. The van der Waals surface area contributed by atoms with Gasteiger partial charge in [-0.2, -0.15) is 0 Å². The molecule has 0 saturated heterocycles. The van der Waals surface area contributed by atoms with E-state index in [9.17, 15) is 0 Å². The lowest BCUT2D eigenvalue weighted by molar-refractivity contribution is 1.30. The standard InChI is InChI=1S/C12H10/c1-5-11-7-8-12(6-2)10(4)9(11)3/h1-2,7-8H,3-4H3. The summed E-state index contributed by atoms with van der Waals surface area (Å²) in [5, 5.41) is 0. The highest BCUT2D eigenvalue weighted by atomic mass is 14.0. The van der Waals surface area contributed by atoms with Gasteiger partial charge in [0.1, 0.15) is 0 Å². The molecule has 0 amide bonds. The Labute approximate surface area is 73.6 Å². The Morgan fingerprint density at radius 2 is 1.25 bits per heavy atom. The third-order valence-corrected chi connectivity index (χ3v) is 2.10. The molecule has 0 spiro atoms. The Bertz CT molecular complexity index is 345. The summed E-state index contributed by atoms with van der Waals surface area (Å²) in [6.07, 6.45) is 10.6. The molecule has 0 nitrogen and oxygen atoms in total. The Morgan fingerprint density at radius 1 is 0.917 bits per heavy atom. The van der Waals surface area contributed by atoms with Crippen LogP contribution in [-0.2, 0) is 0 Å². The molecule has 0 heteroatoms. The minimum Gasteiger partial charge on any atom is -0.115 e. The Kier molecular flexibility index (Phi) is 2.22. The van der Waals surface area contributed by atoms with E-state index in [4.69, 9.17) is 12.8 Å². The number of hydrogen-bond acceptors (Lipinski definition) is 0. The van der Waals surface area contributed by atoms with Gasteiger partial charge in [-0.1, -0.05) is 11.8 Å². The van der Waals surface area contributed by atoms with E-state index in [-0.39, 0.29) is 0 Å². The lowest BCUT2D eigenvalue weighted by atomic mass is 9.99. The molecule has 0 saturated carbocycles. The number of benzene rings is 1. The first-order chi connectivity index (χ1) is 5.70. The fourth-order valence-electron chi connectivity index (χ4n) is 1.13. The van der Waals surface area contributed by atoms with Crippen LogP contribution in [0.15, 0.2) is 12.1 Å². The molecule has 58 valence electrons. The highest BCUT2D eigenvalue weighted by Gasteiger charge is 2.01. The van der Waals surface area contributed by atoms with Crippen molar-refractivity contribution in [2.45, 2.75) is 13.8 Å². The van der Waals surface area contributed by atoms with Crippen LogP contribution in [0, 0.1) is 38.5 Å². The van der Waals surface area contributed by atoms with Crippen LogP contribution in [0.1, 0.15) is 22.3 Å². The molecule has 1 aromatic carbocycles. The molecular weight excluding hydrogens is 144 g/mol. The van der Waals surface area contributed by atoms with Crippen LogP contribution in [0.25, 0.3) is 0 Å². The van der Waals surface area contributed by atoms with E-state index in [1.165, 1.54) is 0 Å². The van der Waals surface area contributed by atoms with Crippen molar-refractivity contribution in [2.24, 2.45) is 0 Å². The quantitative estimate of drug-likeness (QED) is 0.503. The Balaban J connectivity index is 3.45. The number of hydrogen-bond donors (Lipinski definition) is 0. The summed E-state index contributed by atoms with van der Waals surface area (Å²) < 4.78 is 0. The third-order valence-electron chi connectivity index (χ3n) is 2.10. The van der Waals surface area contributed by atoms with Crippen molar-refractivity contribution in [3.05, 3.63) is 34.4 Å². The Hall–Kier alpha value is -1.66. The molecular formula is C12H10. The van der Waals surface area contributed by atoms with Gasteiger partial charge in [-0.25, -0.2) is 0 Å². The summed E-state index contributed by atoms with van der Waals surface area (Å²) in [5.74, 6) is 5.24. The molecule has 0 fully saturated rings. The first kappa shape index (κ1) is 8.44. The summed E-state index contributed by atoms with van der Waals surface area (Å²) in [4.78, 5) is 0. The van der Waals surface area contributed by atoms with Gasteiger partial charge in [-0.3, -0.25) is 0 Å². The number of rotatable bonds is 0. The maximum atomic E-state index is 5.31. The van der Waals surface area contributed by atoms with Crippen molar-refractivity contribution in [1.82, 2.24) is 0 Å². The second-order valence-corrected chi connectivity index (χ2v) is 2.70. The van der Waals surface area contributed by atoms with Gasteiger partial charge < -0.3 is 0 Å². The first-order valence-electron chi connectivity index (χ1n) is 3.74. The van der Waals surface area contributed by atoms with Gasteiger partial charge in [0, 0.05) is 11.1 Å². The van der Waals surface area contributed by atoms with Crippen molar-refractivity contribution in [2.75, 3.05) is 0 Å². The predicted molar refractivity (Wildman–Crippen MR) is 51.8 cm³/mol. The highest BCUT2D eigenvalue weighted by Crippen LogP contribution is 2.15. The van der Waals surface area contributed by atoms with Crippen LogP contribution in [0.3, 0.4) is 0 Å². The second-order valence-electron chi connectivity index (χ2n) is 2.70. The maximum Gasteiger partial charge on any atom is 0.0275 e. The normalized spacial score (nSPS) is 8.67. The van der Waals surface area contributed by atoms with E-state index in [2.05, 4.69) is 11.8 Å². The average Bonchev–Trinajstić information content (AvgIpc) is 2.10. The van der Waals surface area contributed by atoms with Gasteiger partial charge in [-0.05, 0) is 37.1 Å². The zero-order chi connectivity index (χ0) is 9.14. The maximum absolute atomic E-state index is 5.31. The van der Waals surface area contributed by atoms with Crippen LogP contribution in [0.5, 0.6) is 0 Å². The van der Waals surface area contributed by atoms with Gasteiger partial charge in [0.25, 0.3) is 0 Å². The summed E-state index contributed by atoms with van der Waals surface area (Å²) in [6.45, 7) is 3.98. The summed E-state index contributed by atoms with van der Waals surface area (Å²) in [6, 6.07) is 3.77. The van der Waals surface area contributed by atoms with E-state index in [0.717, 1.165) is 22.3 Å². The molecule has 0 aliphatic heterocycles. The fraction of sp³-hybridized carbons (Fsp3) is 0.167. The van der Waals surface area contributed by atoms with Crippen LogP contribution in [0.2, 0.25) is 0 Å². The molecule has 0 radical (unpaired) electrons. The van der Waals surface area contributed by atoms with E-state index in [1.807, 2.05) is 26.0 Å². The van der Waals surface area contributed by atoms with Crippen LogP contribution in [0.4, 0.5) is 0 Å². The van der Waals surface area contributed by atoms with Crippen molar-refractivity contribution in [3.8, 4) is 24.7 Å². The highest BCUT2D eigenvalue weighted by molar-refractivity contribution is 5.51. The fourth-order valence-corrected chi connectivity index (χ4v) is 1.13. The van der Waals surface area contributed by atoms with Crippen molar-refractivity contribution >= 4 is 0 Å². The minimum atomic E-state index is 0.923. The van der Waals surface area contributed by atoms with Gasteiger partial charge in [0.15, 0.2) is 0 Å². The molecule has 0 N–H and O–H groups in total. The molecule has 0 aliphatic carbocycles. The molecule has 0 bridgehead atoms. The van der Waals surface area contributed by atoms with E-state index < -0.39 is 0 Å². The van der Waals surface area contributed by atoms with E-state index in [1.54, 1.807) is 0 Å². The zero-order valence-electron chi connectivity index (χ0n) is 7.31. The topological polar surface area (TPSA) is 0 Å². The first-order valence-corrected chi connectivity index (χ1v) is 3.74. The SMILES string of the molecule is C#Cc1ccc(C#C)c(C)c1C. The minimum absolute atomic E-state index is 0.923. The largest absolute Gasteiger partial charge is 0.115 e. The molecule has 1 aromatic rings. The van der Waals surface area contributed by atoms with Gasteiger partial charge >= 0.3 is 0 Å². The van der Waals surface area contributed by atoms with E-state index >= 15 is 0 Å². The van der Waals surface area contributed by atoms with Gasteiger partial charge in [0.2, 0.25) is 0 Å². The number of terminal acetylenes is 2. The Morgan fingerprint density at radius 3 is 1.50 bits per heavy atom. The summed E-state index contributed by atoms with van der Waals surface area (Å²) in [5.41, 5.74) is 4.05. The monoisotopic (exact) mass is 154 g/mol. The van der Waals surface area contributed by atoms with Crippen LogP contribution in [-0.4, -0.2) is 0 Å². The molecule has 0 heterocycles. The van der Waals surface area contributed by atoms with Crippen molar-refractivity contribution in [1.29, 1.82) is 0 Å². The molecule has 0 aliphatic rings. The summed E-state index contributed by atoms with van der Waals surface area (Å²) in [7, 11) is 0. The smallest absolute Gasteiger partial charge is 0.0275 e. The van der Waals surface area contributed by atoms with Crippen molar-refractivity contribution in [3.63, 3.8) is 0 Å². The summed E-state index contributed by atoms with van der Waals surface area (Å²) >= 11 is 0. The van der Waals surface area contributed by atoms with Gasteiger partial charge in [0.05, 0.1) is 0 Å². The average molecular weight is 154 g/mol. The lowest BCUT2D eigenvalue weighted by Gasteiger charge is -2.04. The third kappa shape index (κ3) is 1.20. The van der Waals surface area contributed by atoms with Crippen LogP contribution < -0.4 is 0 Å². The van der Waals surface area contributed by atoms with Crippen molar-refractivity contribution < 1.29 is 0 Å². The molecule has 0 aromatic heterocycles. The zero-order valence-corrected chi connectivity index (χ0v) is 7.31. The predicted octanol–water partition coefficient (Wildman–Crippen LogP) is 2.27. The van der Waals surface area contributed by atoms with Crippen LogP contribution >= 0.6 is 0 Å². The van der Waals surface area contributed by atoms with Gasteiger partial charge in [-0.15, -0.1) is 12.8 Å². The van der Waals surface area contributed by atoms with E-state index in [0.29, 0.717) is 0 Å². The molecule has 12 heavy (non-hydrogen) atoms. The second kappa shape index (κ2) is 3.16. The molecule has 0 unspecified atom stereocenters. The lowest BCUT2D eigenvalue weighted by Crippen LogP contribution is -1.90.